The van der Waals surface area contributed by atoms with Crippen LogP contribution in [0.3, 0.4) is 0 Å². The summed E-state index contributed by atoms with van der Waals surface area (Å²) in [4.78, 5) is 30.0. The molecular formula is C33H39F3N4O5. The summed E-state index contributed by atoms with van der Waals surface area (Å²) in [6, 6.07) is 15.9. The van der Waals surface area contributed by atoms with E-state index in [9.17, 15) is 27.9 Å². The van der Waals surface area contributed by atoms with Crippen LogP contribution in [-0.2, 0) is 23.9 Å². The van der Waals surface area contributed by atoms with Crippen molar-refractivity contribution in [3.05, 3.63) is 83.4 Å². The maximum absolute atomic E-state index is 13.5. The normalized spacial score (nSPS) is 17.8. The number of amides is 3. The number of alkyl halides is 3. The van der Waals surface area contributed by atoms with E-state index in [-0.39, 0.29) is 36.6 Å². The summed E-state index contributed by atoms with van der Waals surface area (Å²) in [7, 11) is 3.62. The molecule has 0 saturated heterocycles. The first kappa shape index (κ1) is 33.6. The van der Waals surface area contributed by atoms with Gasteiger partial charge in [0.15, 0.2) is 0 Å². The van der Waals surface area contributed by atoms with E-state index >= 15 is 0 Å². The van der Waals surface area contributed by atoms with Gasteiger partial charge in [-0.25, -0.2) is 4.79 Å². The van der Waals surface area contributed by atoms with Gasteiger partial charge in [-0.2, -0.15) is 13.2 Å². The lowest BCUT2D eigenvalue weighted by atomic mass is 10.0. The zero-order valence-electron chi connectivity index (χ0n) is 25.7. The van der Waals surface area contributed by atoms with E-state index in [1.54, 1.807) is 37.1 Å². The molecule has 1 heterocycles. The van der Waals surface area contributed by atoms with Crippen LogP contribution in [0.5, 0.6) is 11.5 Å². The molecule has 0 radical (unpaired) electrons. The highest BCUT2D eigenvalue weighted by Gasteiger charge is 2.32. The van der Waals surface area contributed by atoms with Crippen LogP contribution in [-0.4, -0.2) is 72.8 Å². The number of likely N-dealkylation sites (N-methyl/N-ethyl adjacent to an activating group) is 1. The van der Waals surface area contributed by atoms with Crippen LogP contribution in [0, 0.1) is 5.92 Å². The fraction of sp³-hybridized carbons (Fsp3) is 0.394. The summed E-state index contributed by atoms with van der Waals surface area (Å²) in [6.45, 7) is 5.21. The van der Waals surface area contributed by atoms with Gasteiger partial charge in [0.05, 0.1) is 31.7 Å². The Morgan fingerprint density at radius 1 is 1.09 bits per heavy atom. The zero-order chi connectivity index (χ0) is 32.7. The Hall–Kier alpha value is -4.29. The van der Waals surface area contributed by atoms with E-state index in [0.29, 0.717) is 36.6 Å². The second-order valence-corrected chi connectivity index (χ2v) is 11.4. The number of fused-ring (bicyclic) bond motifs is 1. The first-order valence-electron chi connectivity index (χ1n) is 14.6. The fourth-order valence-electron chi connectivity index (χ4n) is 5.18. The van der Waals surface area contributed by atoms with E-state index in [2.05, 4.69) is 15.5 Å². The number of halogens is 3. The van der Waals surface area contributed by atoms with Gasteiger partial charge >= 0.3 is 12.2 Å². The Labute approximate surface area is 260 Å². The molecule has 0 saturated carbocycles. The Morgan fingerprint density at radius 2 is 1.73 bits per heavy atom. The molecule has 45 heavy (non-hydrogen) atoms. The maximum atomic E-state index is 13.5. The average molecular weight is 629 g/mol. The van der Waals surface area contributed by atoms with E-state index < -0.39 is 23.8 Å². The first-order valence-corrected chi connectivity index (χ1v) is 14.6. The molecule has 3 aromatic carbocycles. The molecule has 1 aliphatic heterocycles. The van der Waals surface area contributed by atoms with Crippen molar-refractivity contribution in [1.82, 2.24) is 9.80 Å². The van der Waals surface area contributed by atoms with Crippen LogP contribution >= 0.6 is 0 Å². The molecule has 3 atom stereocenters. The van der Waals surface area contributed by atoms with Gasteiger partial charge in [-0.05, 0) is 74.1 Å². The molecule has 0 aromatic heterocycles. The number of anilines is 2. The van der Waals surface area contributed by atoms with Crippen LogP contribution in [0.25, 0.3) is 0 Å². The lowest BCUT2D eigenvalue weighted by molar-refractivity contribution is -0.137. The maximum Gasteiger partial charge on any atom is 0.416 e. The van der Waals surface area contributed by atoms with Crippen LogP contribution < -0.4 is 20.1 Å². The third kappa shape index (κ3) is 9.11. The second kappa shape index (κ2) is 14.7. The van der Waals surface area contributed by atoms with Gasteiger partial charge in [0, 0.05) is 42.5 Å². The van der Waals surface area contributed by atoms with Crippen molar-refractivity contribution >= 4 is 23.3 Å². The Morgan fingerprint density at radius 3 is 2.36 bits per heavy atom. The molecule has 3 N–H and O–H groups in total. The highest BCUT2D eigenvalue weighted by atomic mass is 19.4. The van der Waals surface area contributed by atoms with Gasteiger partial charge in [0.2, 0.25) is 5.91 Å². The van der Waals surface area contributed by atoms with Gasteiger partial charge in [0.1, 0.15) is 17.6 Å². The molecule has 0 spiro atoms. The number of nitrogens with zero attached hydrogens (tertiary/aromatic N) is 2. The number of carbonyl (C=O) groups is 2. The summed E-state index contributed by atoms with van der Waals surface area (Å²) in [6.07, 6.45) is -4.81. The largest absolute Gasteiger partial charge is 0.497 e. The number of urea groups is 1. The van der Waals surface area contributed by atoms with Crippen molar-refractivity contribution in [1.29, 1.82) is 0 Å². The summed E-state index contributed by atoms with van der Waals surface area (Å²) in [5.41, 5.74) is 1.40. The van der Waals surface area contributed by atoms with E-state index in [0.717, 1.165) is 23.4 Å². The Balaban J connectivity index is 1.52. The molecule has 242 valence electrons. The highest BCUT2D eigenvalue weighted by Crippen LogP contribution is 2.31. The first-order chi connectivity index (χ1) is 21.4. The number of methoxy groups -OCH3 is 1. The molecule has 1 aliphatic rings. The number of rotatable bonds is 9. The number of hydrogen-bond acceptors (Lipinski definition) is 6. The number of carbonyl (C=O) groups excluding carboxylic acids is 2. The number of ether oxygens (including phenoxy) is 2. The average Bonchev–Trinajstić information content (AvgIpc) is 3.04. The van der Waals surface area contributed by atoms with E-state index in [1.807, 2.05) is 38.2 Å². The van der Waals surface area contributed by atoms with Crippen LogP contribution in [0.4, 0.5) is 29.3 Å². The monoisotopic (exact) mass is 628 g/mol. The van der Waals surface area contributed by atoms with Crippen molar-refractivity contribution in [2.24, 2.45) is 5.92 Å². The molecule has 3 amide bonds. The Bertz CT molecular complexity index is 1450. The molecule has 4 rings (SSSR count). The van der Waals surface area contributed by atoms with Gasteiger partial charge < -0.3 is 30.1 Å². The van der Waals surface area contributed by atoms with Gasteiger partial charge in [-0.15, -0.1) is 0 Å². The molecule has 0 aliphatic carbocycles. The lowest BCUT2D eigenvalue weighted by Gasteiger charge is -2.34. The quantitative estimate of drug-likeness (QED) is 0.284. The number of benzene rings is 3. The van der Waals surface area contributed by atoms with E-state index in [4.69, 9.17) is 9.47 Å². The van der Waals surface area contributed by atoms with Crippen LogP contribution in [0.1, 0.15) is 30.5 Å². The van der Waals surface area contributed by atoms with Crippen molar-refractivity contribution in [3.8, 4) is 11.5 Å². The molecule has 0 unspecified atom stereocenters. The third-order valence-corrected chi connectivity index (χ3v) is 7.75. The SMILES string of the molecule is COc1ccc(CN(C)C[C@@H]2Oc3ccc(NC(=O)Nc4ccc(C(F)(F)F)cc4)cc3CC(=O)N([C@H](C)CO)C[C@H]2C)cc1. The number of hydrogen-bond donors (Lipinski definition) is 3. The van der Waals surface area contributed by atoms with Gasteiger partial charge in [-0.3, -0.25) is 9.69 Å². The highest BCUT2D eigenvalue weighted by molar-refractivity contribution is 6.00. The fourth-order valence-corrected chi connectivity index (χ4v) is 5.18. The van der Waals surface area contributed by atoms with Gasteiger partial charge in [-0.1, -0.05) is 19.1 Å². The van der Waals surface area contributed by atoms with Gasteiger partial charge in [0.25, 0.3) is 0 Å². The standard InChI is InChI=1S/C33H39F3N4O5/c1-21-17-40(22(2)20-41)31(42)16-24-15-27(38-32(43)37-26-9-7-25(8-10-26)33(34,35)36)11-14-29(24)45-30(21)19-39(3)18-23-5-12-28(44-4)13-6-23/h5-15,21-22,30,41H,16-20H2,1-4H3,(H2,37,38,43)/t21-,22-,30+/m1/s1. The zero-order valence-corrected chi connectivity index (χ0v) is 25.7. The molecule has 0 bridgehead atoms. The molecule has 0 fully saturated rings. The van der Waals surface area contributed by atoms with Crippen LogP contribution in [0.2, 0.25) is 0 Å². The second-order valence-electron chi connectivity index (χ2n) is 11.4. The summed E-state index contributed by atoms with van der Waals surface area (Å²) < 4.78 is 50.4. The third-order valence-electron chi connectivity index (χ3n) is 7.75. The summed E-state index contributed by atoms with van der Waals surface area (Å²) in [5, 5.41) is 15.1. The molecular weight excluding hydrogens is 589 g/mol. The predicted molar refractivity (Wildman–Crippen MR) is 165 cm³/mol. The lowest BCUT2D eigenvalue weighted by Crippen LogP contribution is -2.47. The predicted octanol–water partition coefficient (Wildman–Crippen LogP) is 5.64. The van der Waals surface area contributed by atoms with E-state index in [1.165, 1.54) is 12.1 Å². The number of aliphatic hydroxyl groups is 1. The van der Waals surface area contributed by atoms with Crippen molar-refractivity contribution in [2.75, 3.05) is 44.5 Å². The van der Waals surface area contributed by atoms with Crippen LogP contribution in [0.15, 0.2) is 66.7 Å². The minimum atomic E-state index is -4.48. The van der Waals surface area contributed by atoms with Crippen molar-refractivity contribution in [2.45, 2.75) is 45.1 Å². The molecule has 9 nitrogen and oxygen atoms in total. The topological polar surface area (TPSA) is 103 Å². The summed E-state index contributed by atoms with van der Waals surface area (Å²) in [5.74, 6) is 1.01. The molecule has 12 heteroatoms. The minimum Gasteiger partial charge on any atom is -0.497 e. The summed E-state index contributed by atoms with van der Waals surface area (Å²) >= 11 is 0. The van der Waals surface area contributed by atoms with Crippen molar-refractivity contribution in [3.63, 3.8) is 0 Å². The molecule has 3 aromatic rings. The van der Waals surface area contributed by atoms with Crippen molar-refractivity contribution < 1.29 is 37.3 Å². The number of nitrogens with one attached hydrogen (secondary N) is 2. The Kier molecular flexibility index (Phi) is 10.9. The number of aliphatic hydroxyl groups excluding tert-OH is 1. The smallest absolute Gasteiger partial charge is 0.416 e. The minimum absolute atomic E-state index is 0.0170.